The molecule has 1 aliphatic heterocycles. The molecule has 0 fully saturated rings. The van der Waals surface area contributed by atoms with Crippen LogP contribution in [0.25, 0.3) is 22.5 Å². The van der Waals surface area contributed by atoms with Crippen molar-refractivity contribution in [2.45, 2.75) is 18.2 Å². The van der Waals surface area contributed by atoms with Crippen LogP contribution in [0.4, 0.5) is 10.1 Å². The molecule has 2 aromatic carbocycles. The van der Waals surface area contributed by atoms with Gasteiger partial charge in [0, 0.05) is 41.4 Å². The normalized spacial score (nSPS) is 12.5. The molecule has 0 saturated carbocycles. The van der Waals surface area contributed by atoms with Crippen LogP contribution in [0.15, 0.2) is 76.8 Å². The third kappa shape index (κ3) is 4.19. The molecule has 160 valence electrons. The lowest BCUT2D eigenvalue weighted by molar-refractivity contribution is -0.117. The van der Waals surface area contributed by atoms with Gasteiger partial charge in [0.25, 0.3) is 5.56 Å². The second kappa shape index (κ2) is 8.43. The number of nitrogens with one attached hydrogen (secondary N) is 1. The highest BCUT2D eigenvalue weighted by Gasteiger charge is 2.15. The molecule has 0 saturated heterocycles. The van der Waals surface area contributed by atoms with E-state index in [2.05, 4.69) is 20.0 Å². The molecule has 5 rings (SSSR count). The molecule has 1 amide bonds. The monoisotopic (exact) mass is 447 g/mol. The largest absolute Gasteiger partial charge is 0.325 e. The van der Waals surface area contributed by atoms with Crippen LogP contribution in [-0.2, 0) is 17.9 Å². The Morgan fingerprint density at radius 2 is 1.72 bits per heavy atom. The Labute approximate surface area is 186 Å². The molecule has 0 radical (unpaired) electrons. The number of benzene rings is 2. The highest BCUT2D eigenvalue weighted by molar-refractivity contribution is 7.99. The van der Waals surface area contributed by atoms with E-state index in [1.54, 1.807) is 42.1 Å². The van der Waals surface area contributed by atoms with Crippen molar-refractivity contribution in [3.05, 3.63) is 83.0 Å². The van der Waals surface area contributed by atoms with Gasteiger partial charge in [-0.25, -0.2) is 14.1 Å². The Bertz CT molecular complexity index is 1320. The Kier molecular flexibility index (Phi) is 5.32. The number of hydrogen-bond acceptors (Lipinski definition) is 5. The number of nitrogens with zero attached hydrogens (tertiary/aromatic N) is 4. The van der Waals surface area contributed by atoms with E-state index in [1.807, 2.05) is 18.3 Å². The molecule has 0 unspecified atom stereocenters. The SMILES string of the molecule is O=C(Cn1nc(-c2ccc(F)cc2)ccc1=O)Nc1ccc(-c2cn3c(n2)SCC3)cc1. The molecule has 0 spiro atoms. The van der Waals surface area contributed by atoms with Gasteiger partial charge in [-0.3, -0.25) is 9.59 Å². The Morgan fingerprint density at radius 3 is 2.47 bits per heavy atom. The highest BCUT2D eigenvalue weighted by atomic mass is 32.2. The number of hydrogen-bond donors (Lipinski definition) is 1. The summed E-state index contributed by atoms with van der Waals surface area (Å²) in [5.41, 5.74) is 3.22. The topological polar surface area (TPSA) is 81.8 Å². The third-order valence-corrected chi connectivity index (χ3v) is 6.04. The fourth-order valence-electron chi connectivity index (χ4n) is 3.45. The van der Waals surface area contributed by atoms with E-state index >= 15 is 0 Å². The van der Waals surface area contributed by atoms with Crippen LogP contribution in [0.3, 0.4) is 0 Å². The summed E-state index contributed by atoms with van der Waals surface area (Å²) in [6.45, 7) is 0.734. The number of fused-ring (bicyclic) bond motifs is 1. The summed E-state index contributed by atoms with van der Waals surface area (Å²) in [5, 5.41) is 8.05. The van der Waals surface area contributed by atoms with E-state index in [0.717, 1.165) is 33.4 Å². The minimum atomic E-state index is -0.396. The number of carbonyl (C=O) groups excluding carboxylic acids is 1. The second-order valence-electron chi connectivity index (χ2n) is 7.30. The molecule has 0 bridgehead atoms. The first-order valence-electron chi connectivity index (χ1n) is 9.99. The lowest BCUT2D eigenvalue weighted by Crippen LogP contribution is -2.29. The predicted octanol–water partition coefficient (Wildman–Crippen LogP) is 3.66. The third-order valence-electron chi connectivity index (χ3n) is 5.07. The quantitative estimate of drug-likeness (QED) is 0.505. The summed E-state index contributed by atoms with van der Waals surface area (Å²) < 4.78 is 16.4. The number of imidazole rings is 1. The molecule has 0 aliphatic carbocycles. The molecule has 1 aliphatic rings. The van der Waals surface area contributed by atoms with Gasteiger partial charge in [0.05, 0.1) is 11.4 Å². The maximum atomic E-state index is 13.1. The lowest BCUT2D eigenvalue weighted by Gasteiger charge is -2.09. The van der Waals surface area contributed by atoms with Crippen molar-refractivity contribution < 1.29 is 9.18 Å². The van der Waals surface area contributed by atoms with Crippen molar-refractivity contribution in [2.75, 3.05) is 11.1 Å². The number of thioether (sulfide) groups is 1. The molecular formula is C23H18FN5O2S. The molecule has 3 heterocycles. The van der Waals surface area contributed by atoms with Gasteiger partial charge in [0.15, 0.2) is 5.16 Å². The van der Waals surface area contributed by atoms with Gasteiger partial charge < -0.3 is 9.88 Å². The highest BCUT2D eigenvalue weighted by Crippen LogP contribution is 2.29. The van der Waals surface area contributed by atoms with Crippen LogP contribution in [0.1, 0.15) is 0 Å². The maximum absolute atomic E-state index is 13.1. The Balaban J connectivity index is 1.27. The van der Waals surface area contributed by atoms with Crippen molar-refractivity contribution in [3.8, 4) is 22.5 Å². The van der Waals surface area contributed by atoms with Crippen LogP contribution in [-0.4, -0.2) is 31.0 Å². The second-order valence-corrected chi connectivity index (χ2v) is 8.36. The first-order chi connectivity index (χ1) is 15.5. The zero-order chi connectivity index (χ0) is 22.1. The number of aromatic nitrogens is 4. The summed E-state index contributed by atoms with van der Waals surface area (Å²) in [5.74, 6) is 0.322. The Hall–Kier alpha value is -3.72. The Morgan fingerprint density at radius 1 is 1.00 bits per heavy atom. The minimum Gasteiger partial charge on any atom is -0.325 e. The van der Waals surface area contributed by atoms with Gasteiger partial charge in [-0.05, 0) is 42.5 Å². The average molecular weight is 447 g/mol. The van der Waals surface area contributed by atoms with Gasteiger partial charge in [-0.15, -0.1) is 0 Å². The van der Waals surface area contributed by atoms with E-state index < -0.39 is 5.56 Å². The molecular weight excluding hydrogens is 429 g/mol. The molecule has 7 nitrogen and oxygen atoms in total. The van der Waals surface area contributed by atoms with E-state index in [1.165, 1.54) is 18.2 Å². The van der Waals surface area contributed by atoms with Gasteiger partial charge in [0.2, 0.25) is 5.91 Å². The molecule has 2 aromatic heterocycles. The summed E-state index contributed by atoms with van der Waals surface area (Å²) in [7, 11) is 0. The van der Waals surface area contributed by atoms with E-state index in [4.69, 9.17) is 0 Å². The van der Waals surface area contributed by atoms with Crippen molar-refractivity contribution in [3.63, 3.8) is 0 Å². The van der Waals surface area contributed by atoms with Crippen LogP contribution in [0.5, 0.6) is 0 Å². The zero-order valence-electron chi connectivity index (χ0n) is 16.9. The van der Waals surface area contributed by atoms with Gasteiger partial charge in [-0.1, -0.05) is 23.9 Å². The summed E-state index contributed by atoms with van der Waals surface area (Å²) >= 11 is 1.74. The fraction of sp³-hybridized carbons (Fsp3) is 0.130. The maximum Gasteiger partial charge on any atom is 0.267 e. The zero-order valence-corrected chi connectivity index (χ0v) is 17.7. The van der Waals surface area contributed by atoms with Crippen molar-refractivity contribution in [2.24, 2.45) is 0 Å². The number of rotatable bonds is 5. The van der Waals surface area contributed by atoms with Crippen LogP contribution < -0.4 is 10.9 Å². The van der Waals surface area contributed by atoms with E-state index in [-0.39, 0.29) is 18.3 Å². The van der Waals surface area contributed by atoms with E-state index in [0.29, 0.717) is 16.9 Å². The van der Waals surface area contributed by atoms with Crippen molar-refractivity contribution in [1.29, 1.82) is 0 Å². The van der Waals surface area contributed by atoms with Crippen molar-refractivity contribution >= 4 is 23.4 Å². The first-order valence-corrected chi connectivity index (χ1v) is 11.0. The number of amides is 1. The van der Waals surface area contributed by atoms with Gasteiger partial charge in [-0.2, -0.15) is 5.10 Å². The van der Waals surface area contributed by atoms with Gasteiger partial charge >= 0.3 is 0 Å². The number of halogens is 1. The molecule has 0 atom stereocenters. The lowest BCUT2D eigenvalue weighted by atomic mass is 10.1. The summed E-state index contributed by atoms with van der Waals surface area (Å²) in [4.78, 5) is 29.3. The average Bonchev–Trinajstić information content (AvgIpc) is 3.39. The smallest absolute Gasteiger partial charge is 0.267 e. The fourth-order valence-corrected chi connectivity index (χ4v) is 4.39. The molecule has 4 aromatic rings. The van der Waals surface area contributed by atoms with Crippen LogP contribution in [0.2, 0.25) is 0 Å². The number of aryl methyl sites for hydroxylation is 1. The predicted molar refractivity (Wildman–Crippen MR) is 121 cm³/mol. The molecule has 9 heteroatoms. The number of carbonyl (C=O) groups is 1. The van der Waals surface area contributed by atoms with Crippen LogP contribution >= 0.6 is 11.8 Å². The van der Waals surface area contributed by atoms with Crippen LogP contribution in [0, 0.1) is 5.82 Å². The first kappa shape index (κ1) is 20.2. The van der Waals surface area contributed by atoms with E-state index in [9.17, 15) is 14.0 Å². The standard InChI is InChI=1S/C23H18FN5O2S/c24-17-5-1-15(2-6-17)19-9-10-22(31)29(27-19)14-21(30)25-18-7-3-16(4-8-18)20-13-28-11-12-32-23(28)26-20/h1-10,13H,11-12,14H2,(H,25,30). The number of anilines is 1. The summed E-state index contributed by atoms with van der Waals surface area (Å²) in [6.07, 6.45) is 2.04. The minimum absolute atomic E-state index is 0.236. The molecule has 1 N–H and O–H groups in total. The summed E-state index contributed by atoms with van der Waals surface area (Å²) in [6, 6.07) is 16.1. The van der Waals surface area contributed by atoms with Crippen molar-refractivity contribution in [1.82, 2.24) is 19.3 Å². The van der Waals surface area contributed by atoms with Gasteiger partial charge in [0.1, 0.15) is 12.4 Å². The molecule has 32 heavy (non-hydrogen) atoms.